The molecule has 0 spiro atoms. The summed E-state index contributed by atoms with van der Waals surface area (Å²) in [5, 5.41) is 0. The van der Waals surface area contributed by atoms with E-state index in [1.807, 2.05) is 97.1 Å². The number of rotatable bonds is 5. The Labute approximate surface area is 187 Å². The van der Waals surface area contributed by atoms with E-state index in [2.05, 4.69) is 0 Å². The van der Waals surface area contributed by atoms with Gasteiger partial charge in [0.05, 0.1) is 25.3 Å². The number of carbonyl (C=O) groups excluding carboxylic acids is 2. The van der Waals surface area contributed by atoms with Crippen molar-refractivity contribution in [3.05, 3.63) is 108 Å². The summed E-state index contributed by atoms with van der Waals surface area (Å²) >= 11 is 0. The van der Waals surface area contributed by atoms with E-state index in [0.29, 0.717) is 11.1 Å². The zero-order valence-electron chi connectivity index (χ0n) is 17.9. The number of benzene rings is 4. The largest absolute Gasteiger partial charge is 0.465 e. The summed E-state index contributed by atoms with van der Waals surface area (Å²) in [6.07, 6.45) is 0. The molecule has 4 heteroatoms. The van der Waals surface area contributed by atoms with Crippen LogP contribution in [0, 0.1) is 0 Å². The van der Waals surface area contributed by atoms with Crippen LogP contribution < -0.4 is 0 Å². The van der Waals surface area contributed by atoms with Crippen LogP contribution in [0.5, 0.6) is 0 Å². The van der Waals surface area contributed by atoms with Gasteiger partial charge in [-0.05, 0) is 33.9 Å². The second-order valence-corrected chi connectivity index (χ2v) is 7.18. The van der Waals surface area contributed by atoms with Crippen LogP contribution in [0.25, 0.3) is 33.4 Å². The minimum atomic E-state index is -0.598. The number of hydrogen-bond acceptors (Lipinski definition) is 4. The molecule has 4 aromatic rings. The number of methoxy groups -OCH3 is 2. The van der Waals surface area contributed by atoms with Gasteiger partial charge in [-0.25, -0.2) is 9.59 Å². The molecule has 32 heavy (non-hydrogen) atoms. The van der Waals surface area contributed by atoms with Gasteiger partial charge in [-0.2, -0.15) is 0 Å². The highest BCUT2D eigenvalue weighted by Crippen LogP contribution is 2.42. The van der Waals surface area contributed by atoms with Gasteiger partial charge in [-0.3, -0.25) is 0 Å². The van der Waals surface area contributed by atoms with Gasteiger partial charge >= 0.3 is 11.9 Å². The molecule has 0 saturated carbocycles. The third kappa shape index (κ3) is 3.91. The van der Waals surface area contributed by atoms with Crippen LogP contribution in [0.15, 0.2) is 97.1 Å². The summed E-state index contributed by atoms with van der Waals surface area (Å²) in [6, 6.07) is 30.8. The Bertz CT molecular complexity index is 1250. The van der Waals surface area contributed by atoms with Crippen LogP contribution in [0.3, 0.4) is 0 Å². The highest BCUT2D eigenvalue weighted by Gasteiger charge is 2.30. The summed E-state index contributed by atoms with van der Waals surface area (Å²) in [7, 11) is 2.63. The molecule has 0 bridgehead atoms. The zero-order valence-corrected chi connectivity index (χ0v) is 17.9. The number of ether oxygens (including phenoxy) is 2. The van der Waals surface area contributed by atoms with Crippen molar-refractivity contribution in [2.24, 2.45) is 0 Å². The van der Waals surface area contributed by atoms with E-state index in [1.165, 1.54) is 14.2 Å². The average Bonchev–Trinajstić information content (AvgIpc) is 2.88. The molecule has 0 aliphatic rings. The van der Waals surface area contributed by atoms with Gasteiger partial charge in [0.15, 0.2) is 0 Å². The highest BCUT2D eigenvalue weighted by atomic mass is 16.5. The Morgan fingerprint density at radius 3 is 1.41 bits per heavy atom. The number of carbonyl (C=O) groups is 2. The number of esters is 2. The molecule has 4 nitrogen and oxygen atoms in total. The first-order valence-corrected chi connectivity index (χ1v) is 10.2. The van der Waals surface area contributed by atoms with Gasteiger partial charge in [0.25, 0.3) is 0 Å². The van der Waals surface area contributed by atoms with Crippen LogP contribution >= 0.6 is 0 Å². The topological polar surface area (TPSA) is 52.6 Å². The Hall–Kier alpha value is -4.18. The molecule has 0 aliphatic carbocycles. The Morgan fingerprint density at radius 2 is 0.938 bits per heavy atom. The van der Waals surface area contributed by atoms with E-state index in [-0.39, 0.29) is 11.1 Å². The number of hydrogen-bond donors (Lipinski definition) is 0. The molecule has 0 radical (unpaired) electrons. The summed E-state index contributed by atoms with van der Waals surface area (Å²) in [4.78, 5) is 26.2. The lowest BCUT2D eigenvalue weighted by atomic mass is 9.83. The minimum absolute atomic E-state index is 0.184. The highest BCUT2D eigenvalue weighted by molar-refractivity contribution is 6.14. The first-order valence-electron chi connectivity index (χ1n) is 10.2. The Morgan fingerprint density at radius 1 is 0.531 bits per heavy atom. The molecule has 0 unspecified atom stereocenters. The second kappa shape index (κ2) is 9.31. The summed E-state index contributed by atoms with van der Waals surface area (Å²) in [5.74, 6) is -1.19. The second-order valence-electron chi connectivity index (χ2n) is 7.18. The normalized spacial score (nSPS) is 10.4. The first-order chi connectivity index (χ1) is 15.7. The molecular weight excluding hydrogens is 400 g/mol. The predicted octanol–water partition coefficient (Wildman–Crippen LogP) is 6.26. The van der Waals surface area contributed by atoms with Crippen molar-refractivity contribution in [3.8, 4) is 33.4 Å². The molecule has 4 rings (SSSR count). The smallest absolute Gasteiger partial charge is 0.339 e. The van der Waals surface area contributed by atoms with Crippen molar-refractivity contribution < 1.29 is 19.1 Å². The maximum Gasteiger partial charge on any atom is 0.339 e. The fourth-order valence-electron chi connectivity index (χ4n) is 3.90. The van der Waals surface area contributed by atoms with Crippen molar-refractivity contribution in [2.45, 2.75) is 0 Å². The lowest BCUT2D eigenvalue weighted by Gasteiger charge is -2.21. The molecule has 0 fully saturated rings. The quantitative estimate of drug-likeness (QED) is 0.356. The van der Waals surface area contributed by atoms with E-state index in [1.54, 1.807) is 0 Å². The van der Waals surface area contributed by atoms with Crippen molar-refractivity contribution >= 4 is 11.9 Å². The van der Waals surface area contributed by atoms with Crippen LogP contribution in [0.1, 0.15) is 20.7 Å². The van der Waals surface area contributed by atoms with E-state index < -0.39 is 11.9 Å². The van der Waals surface area contributed by atoms with Crippen molar-refractivity contribution in [3.63, 3.8) is 0 Å². The van der Waals surface area contributed by atoms with E-state index in [9.17, 15) is 9.59 Å². The lowest BCUT2D eigenvalue weighted by Crippen LogP contribution is -2.16. The van der Waals surface area contributed by atoms with E-state index in [0.717, 1.165) is 22.3 Å². The fraction of sp³-hybridized carbons (Fsp3) is 0.0714. The summed E-state index contributed by atoms with van der Waals surface area (Å²) in [6.45, 7) is 0. The van der Waals surface area contributed by atoms with Crippen LogP contribution in [-0.4, -0.2) is 26.2 Å². The third-order valence-corrected chi connectivity index (χ3v) is 5.34. The summed E-state index contributed by atoms with van der Waals surface area (Å²) < 4.78 is 10.3. The van der Waals surface area contributed by atoms with Gasteiger partial charge in [0, 0.05) is 5.56 Å². The fourth-order valence-corrected chi connectivity index (χ4v) is 3.90. The van der Waals surface area contributed by atoms with Gasteiger partial charge in [0.1, 0.15) is 0 Å². The molecule has 4 aromatic carbocycles. The van der Waals surface area contributed by atoms with Crippen LogP contribution in [0.4, 0.5) is 0 Å². The molecule has 158 valence electrons. The first kappa shape index (κ1) is 21.1. The van der Waals surface area contributed by atoms with Crippen molar-refractivity contribution in [1.82, 2.24) is 0 Å². The molecular formula is C28H22O4. The van der Waals surface area contributed by atoms with Gasteiger partial charge < -0.3 is 9.47 Å². The van der Waals surface area contributed by atoms with E-state index in [4.69, 9.17) is 9.47 Å². The molecule has 0 aromatic heterocycles. The molecule has 0 aliphatic heterocycles. The van der Waals surface area contributed by atoms with Crippen molar-refractivity contribution in [1.29, 1.82) is 0 Å². The van der Waals surface area contributed by atoms with Gasteiger partial charge in [-0.1, -0.05) is 91.0 Å². The third-order valence-electron chi connectivity index (χ3n) is 5.34. The Balaban J connectivity index is 2.21. The van der Waals surface area contributed by atoms with Gasteiger partial charge in [-0.15, -0.1) is 0 Å². The minimum Gasteiger partial charge on any atom is -0.465 e. The standard InChI is InChI=1S/C28H22O4/c1-31-27(29)25-23(20-14-8-4-9-15-20)18-22(19-12-6-3-7-13-19)24(26(25)28(30)32-2)21-16-10-5-11-17-21/h3-18H,1-2H3. The molecule has 0 saturated heterocycles. The predicted molar refractivity (Wildman–Crippen MR) is 125 cm³/mol. The SMILES string of the molecule is COC(=O)c1c(-c2ccccc2)cc(-c2ccccc2)c(-c2ccccc2)c1C(=O)OC. The molecule has 0 amide bonds. The maximum absolute atomic E-state index is 13.2. The maximum atomic E-state index is 13.2. The zero-order chi connectivity index (χ0) is 22.5. The molecule has 0 heterocycles. The molecule has 0 N–H and O–H groups in total. The monoisotopic (exact) mass is 422 g/mol. The Kier molecular flexibility index (Phi) is 6.13. The summed E-state index contributed by atoms with van der Waals surface area (Å²) in [5.41, 5.74) is 4.95. The van der Waals surface area contributed by atoms with Crippen molar-refractivity contribution in [2.75, 3.05) is 14.2 Å². The lowest BCUT2D eigenvalue weighted by molar-refractivity contribution is 0.0556. The van der Waals surface area contributed by atoms with Gasteiger partial charge in [0.2, 0.25) is 0 Å². The average molecular weight is 422 g/mol. The van der Waals surface area contributed by atoms with E-state index >= 15 is 0 Å². The van der Waals surface area contributed by atoms with Crippen LogP contribution in [0.2, 0.25) is 0 Å². The van der Waals surface area contributed by atoms with Crippen LogP contribution in [-0.2, 0) is 9.47 Å². The molecule has 0 atom stereocenters.